The van der Waals surface area contributed by atoms with Crippen molar-refractivity contribution in [3.63, 3.8) is 0 Å². The lowest BCUT2D eigenvalue weighted by Crippen LogP contribution is -2.47. The summed E-state index contributed by atoms with van der Waals surface area (Å²) in [5.41, 5.74) is 8.67. The van der Waals surface area contributed by atoms with Crippen molar-refractivity contribution in [3.05, 3.63) is 106 Å². The van der Waals surface area contributed by atoms with Crippen molar-refractivity contribution < 1.29 is 0 Å². The van der Waals surface area contributed by atoms with Crippen molar-refractivity contribution in [2.24, 2.45) is 9.98 Å². The van der Waals surface area contributed by atoms with Gasteiger partial charge in [-0.05, 0) is 74.8 Å². The number of para-hydroxylation sites is 2. The number of rotatable bonds is 0. The molecule has 47 heavy (non-hydrogen) atoms. The first kappa shape index (κ1) is 31.7. The second kappa shape index (κ2) is 13.7. The van der Waals surface area contributed by atoms with Gasteiger partial charge in [-0.1, -0.05) is 51.8 Å². The fraction of sp³-hybridized carbons (Fsp3) is 0.297. The van der Waals surface area contributed by atoms with E-state index in [4.69, 9.17) is 21.6 Å². The van der Waals surface area contributed by atoms with E-state index in [1.807, 2.05) is 24.3 Å². The molecule has 0 bridgehead atoms. The topological polar surface area (TPSA) is 53.0 Å². The van der Waals surface area contributed by atoms with Gasteiger partial charge in [-0.25, -0.2) is 9.98 Å². The number of anilines is 4. The summed E-state index contributed by atoms with van der Waals surface area (Å²) in [4.78, 5) is 21.8. The van der Waals surface area contributed by atoms with E-state index in [1.165, 1.54) is 16.8 Å². The lowest BCUT2D eigenvalue weighted by atomic mass is 10.1. The molecule has 0 unspecified atom stereocenters. The Morgan fingerprint density at radius 3 is 1.89 bits per heavy atom. The molecule has 0 amide bonds. The standard InChI is InChI=1S/C19H21ClN4.C18H19BrN4/c1-22-9-11-24(12-10-22)19-15-5-3-4-6-17(15)23(2)18-8-7-14(20)13-16(18)21-19;1-22-8-10-23(11-9-22)18-14-4-2-3-5-15(14)20-16-7-6-13(19)12-17(16)21-18/h3-8,13H,9-12H2,1-2H3;2-7,12,20H,8-11H2,1H3. The van der Waals surface area contributed by atoms with Crippen LogP contribution in [-0.2, 0) is 0 Å². The second-order valence-electron chi connectivity index (χ2n) is 12.5. The molecule has 1 N–H and O–H groups in total. The molecule has 2 saturated heterocycles. The van der Waals surface area contributed by atoms with Crippen molar-refractivity contribution in [1.82, 2.24) is 19.6 Å². The summed E-state index contributed by atoms with van der Waals surface area (Å²) < 4.78 is 1.05. The Bertz CT molecular complexity index is 1830. The average molecular weight is 712 g/mol. The van der Waals surface area contributed by atoms with Gasteiger partial charge in [-0.3, -0.25) is 0 Å². The molecule has 0 atom stereocenters. The summed E-state index contributed by atoms with van der Waals surface area (Å²) in [5.74, 6) is 2.12. The minimum absolute atomic E-state index is 0.717. The van der Waals surface area contributed by atoms with Gasteiger partial charge in [0.05, 0.1) is 28.4 Å². The van der Waals surface area contributed by atoms with Gasteiger partial charge in [0.15, 0.2) is 0 Å². The lowest BCUT2D eigenvalue weighted by Gasteiger charge is -2.35. The Morgan fingerprint density at radius 2 is 1.19 bits per heavy atom. The number of fused-ring (bicyclic) bond motifs is 4. The first-order chi connectivity index (χ1) is 22.8. The van der Waals surface area contributed by atoms with E-state index in [1.54, 1.807) is 0 Å². The molecule has 4 aliphatic rings. The van der Waals surface area contributed by atoms with E-state index in [9.17, 15) is 0 Å². The van der Waals surface area contributed by atoms with Crippen LogP contribution in [0.15, 0.2) is 99.4 Å². The number of likely N-dealkylation sites (N-methyl/N-ethyl adjacent to an activating group) is 2. The first-order valence-electron chi connectivity index (χ1n) is 16.2. The number of halogens is 2. The van der Waals surface area contributed by atoms with Crippen LogP contribution >= 0.6 is 27.5 Å². The van der Waals surface area contributed by atoms with E-state index in [-0.39, 0.29) is 0 Å². The van der Waals surface area contributed by atoms with Gasteiger partial charge in [-0.2, -0.15) is 0 Å². The van der Waals surface area contributed by atoms with E-state index in [0.29, 0.717) is 0 Å². The SMILES string of the molecule is CN1CCN(C2=Nc3cc(Br)ccc3Nc3ccccc32)CC1.CN1CCN(C2=Nc3cc(Cl)ccc3N(C)c3ccccc32)CC1. The number of nitrogens with one attached hydrogen (secondary N) is 1. The minimum atomic E-state index is 0.717. The fourth-order valence-corrected chi connectivity index (χ4v) is 6.97. The Hall–Kier alpha value is -3.89. The molecule has 4 aliphatic heterocycles. The number of benzene rings is 4. The van der Waals surface area contributed by atoms with Crippen LogP contribution < -0.4 is 10.2 Å². The number of hydrogen-bond donors (Lipinski definition) is 1. The highest BCUT2D eigenvalue weighted by Gasteiger charge is 2.27. The molecule has 4 aromatic carbocycles. The molecule has 242 valence electrons. The monoisotopic (exact) mass is 710 g/mol. The lowest BCUT2D eigenvalue weighted by molar-refractivity contribution is 0.216. The normalized spacial score (nSPS) is 17.8. The Labute approximate surface area is 291 Å². The summed E-state index contributed by atoms with van der Waals surface area (Å²) in [6, 6.07) is 29.0. The Morgan fingerprint density at radius 1 is 0.596 bits per heavy atom. The van der Waals surface area contributed by atoms with Crippen LogP contribution in [0.5, 0.6) is 0 Å². The first-order valence-corrected chi connectivity index (χ1v) is 17.3. The molecule has 8 nitrogen and oxygen atoms in total. The van der Waals surface area contributed by atoms with Gasteiger partial charge in [0.25, 0.3) is 0 Å². The average Bonchev–Trinajstić information content (AvgIpc) is 3.32. The van der Waals surface area contributed by atoms with Crippen molar-refractivity contribution >= 4 is 73.3 Å². The summed E-state index contributed by atoms with van der Waals surface area (Å²) in [7, 11) is 6.44. The van der Waals surface area contributed by atoms with Gasteiger partial charge in [-0.15, -0.1) is 0 Å². The molecule has 4 aromatic rings. The second-order valence-corrected chi connectivity index (χ2v) is 13.8. The number of nitrogens with zero attached hydrogens (tertiary/aromatic N) is 7. The quantitative estimate of drug-likeness (QED) is 0.203. The molecule has 2 fully saturated rings. The van der Waals surface area contributed by atoms with Gasteiger partial charge in [0, 0.05) is 85.7 Å². The molecule has 4 heterocycles. The molecular formula is C37H40BrClN8. The smallest absolute Gasteiger partial charge is 0.138 e. The maximum atomic E-state index is 6.23. The van der Waals surface area contributed by atoms with Gasteiger partial charge in [0.1, 0.15) is 11.7 Å². The number of aliphatic imine (C=N–C) groups is 2. The predicted molar refractivity (Wildman–Crippen MR) is 200 cm³/mol. The van der Waals surface area contributed by atoms with Crippen LogP contribution in [0, 0.1) is 0 Å². The third kappa shape index (κ3) is 6.76. The molecule has 10 heteroatoms. The van der Waals surface area contributed by atoms with Crippen LogP contribution in [0.1, 0.15) is 11.1 Å². The Balaban J connectivity index is 0.000000150. The fourth-order valence-electron chi connectivity index (χ4n) is 6.46. The molecular weight excluding hydrogens is 672 g/mol. The predicted octanol–water partition coefficient (Wildman–Crippen LogP) is 7.58. The molecule has 0 spiro atoms. The van der Waals surface area contributed by atoms with Gasteiger partial charge < -0.3 is 29.8 Å². The molecule has 0 aliphatic carbocycles. The summed E-state index contributed by atoms with van der Waals surface area (Å²) >= 11 is 9.79. The molecule has 8 rings (SSSR count). The highest BCUT2D eigenvalue weighted by Crippen LogP contribution is 2.40. The summed E-state index contributed by atoms with van der Waals surface area (Å²) in [5, 5.41) is 4.25. The van der Waals surface area contributed by atoms with Crippen molar-refractivity contribution in [1.29, 1.82) is 0 Å². The zero-order valence-corrected chi connectivity index (χ0v) is 29.5. The zero-order valence-electron chi connectivity index (χ0n) is 27.1. The molecule has 0 radical (unpaired) electrons. The van der Waals surface area contributed by atoms with Crippen LogP contribution in [0.2, 0.25) is 5.02 Å². The number of piperazine rings is 2. The van der Waals surface area contributed by atoms with Crippen molar-refractivity contribution in [2.75, 3.05) is 83.7 Å². The number of hydrogen-bond acceptors (Lipinski definition) is 8. The van der Waals surface area contributed by atoms with E-state index in [2.05, 4.69) is 128 Å². The maximum absolute atomic E-state index is 6.23. The van der Waals surface area contributed by atoms with E-state index >= 15 is 0 Å². The van der Waals surface area contributed by atoms with Crippen molar-refractivity contribution in [2.45, 2.75) is 0 Å². The molecule has 0 aromatic heterocycles. The van der Waals surface area contributed by atoms with Crippen molar-refractivity contribution in [3.8, 4) is 0 Å². The van der Waals surface area contributed by atoms with Crippen LogP contribution in [0.3, 0.4) is 0 Å². The Kier molecular flexibility index (Phi) is 9.23. The van der Waals surface area contributed by atoms with Gasteiger partial charge in [0.2, 0.25) is 0 Å². The minimum Gasteiger partial charge on any atom is -0.353 e. The van der Waals surface area contributed by atoms with Crippen LogP contribution in [0.25, 0.3) is 0 Å². The maximum Gasteiger partial charge on any atom is 0.138 e. The zero-order chi connectivity index (χ0) is 32.5. The largest absolute Gasteiger partial charge is 0.353 e. The third-order valence-corrected chi connectivity index (χ3v) is 9.99. The summed E-state index contributed by atoms with van der Waals surface area (Å²) in [6.07, 6.45) is 0. The summed E-state index contributed by atoms with van der Waals surface area (Å²) in [6.45, 7) is 8.24. The van der Waals surface area contributed by atoms with Crippen LogP contribution in [-0.4, -0.2) is 105 Å². The molecule has 0 saturated carbocycles. The van der Waals surface area contributed by atoms with E-state index < -0.39 is 0 Å². The highest BCUT2D eigenvalue weighted by molar-refractivity contribution is 9.10. The van der Waals surface area contributed by atoms with Crippen LogP contribution in [0.4, 0.5) is 34.1 Å². The van der Waals surface area contributed by atoms with E-state index in [0.717, 1.165) is 102 Å². The highest BCUT2D eigenvalue weighted by atomic mass is 79.9. The third-order valence-electron chi connectivity index (χ3n) is 9.26. The number of amidine groups is 2. The van der Waals surface area contributed by atoms with Gasteiger partial charge >= 0.3 is 0 Å².